The zero-order chi connectivity index (χ0) is 19.0. The van der Waals surface area contributed by atoms with Crippen molar-refractivity contribution in [3.05, 3.63) is 57.8 Å². The quantitative estimate of drug-likeness (QED) is 0.689. The number of aromatic amines is 1. The largest absolute Gasteiger partial charge is 0.377 e. The number of carbonyl (C=O) groups is 1. The van der Waals surface area contributed by atoms with Gasteiger partial charge in [0, 0.05) is 12.1 Å². The summed E-state index contributed by atoms with van der Waals surface area (Å²) in [5.74, 6) is 0.577. The zero-order valence-corrected chi connectivity index (χ0v) is 16.6. The van der Waals surface area contributed by atoms with Gasteiger partial charge in [-0.15, -0.1) is 0 Å². The summed E-state index contributed by atoms with van der Waals surface area (Å²) in [6.07, 6.45) is 1.44. The third-order valence-corrected chi connectivity index (χ3v) is 5.85. The molecule has 3 aromatic rings. The topological polar surface area (TPSA) is 88.9 Å². The first-order chi connectivity index (χ1) is 13.1. The highest BCUT2D eigenvalue weighted by Gasteiger charge is 2.31. The minimum absolute atomic E-state index is 0.0548. The highest BCUT2D eigenvalue weighted by molar-refractivity contribution is 9.10. The van der Waals surface area contributed by atoms with Crippen LogP contribution in [0.2, 0.25) is 0 Å². The maximum absolute atomic E-state index is 13.1. The van der Waals surface area contributed by atoms with Gasteiger partial charge in [0.05, 0.1) is 34.8 Å². The van der Waals surface area contributed by atoms with E-state index in [1.54, 1.807) is 4.90 Å². The van der Waals surface area contributed by atoms with Crippen LogP contribution in [0, 0.1) is 13.8 Å². The molecule has 1 aromatic carbocycles. The van der Waals surface area contributed by atoms with Gasteiger partial charge in [-0.1, -0.05) is 0 Å². The van der Waals surface area contributed by atoms with Crippen LogP contribution in [0.5, 0.6) is 0 Å². The van der Waals surface area contributed by atoms with Crippen molar-refractivity contribution in [2.75, 3.05) is 19.8 Å². The average Bonchev–Trinajstić information content (AvgIpc) is 3.32. The van der Waals surface area contributed by atoms with Gasteiger partial charge in [-0.2, -0.15) is 10.2 Å². The normalized spacial score (nSPS) is 17.3. The number of nitrogens with zero attached hydrogens (tertiary/aromatic N) is 5. The van der Waals surface area contributed by atoms with Gasteiger partial charge in [-0.25, -0.2) is 9.67 Å². The van der Waals surface area contributed by atoms with Crippen LogP contribution in [0.1, 0.15) is 33.6 Å². The maximum Gasteiger partial charge on any atom is 0.254 e. The monoisotopic (exact) mass is 430 g/mol. The molecule has 27 heavy (non-hydrogen) atoms. The smallest absolute Gasteiger partial charge is 0.254 e. The molecule has 0 bridgehead atoms. The molecular formula is C18H19BrN6O2. The summed E-state index contributed by atoms with van der Waals surface area (Å²) in [6.45, 7) is 5.37. The lowest BCUT2D eigenvalue weighted by Crippen LogP contribution is -2.43. The first kappa shape index (κ1) is 17.9. The molecule has 1 saturated heterocycles. The van der Waals surface area contributed by atoms with Gasteiger partial charge in [-0.3, -0.25) is 9.89 Å². The number of H-pyrrole nitrogens is 1. The van der Waals surface area contributed by atoms with Crippen LogP contribution in [0.15, 0.2) is 35.1 Å². The van der Waals surface area contributed by atoms with Crippen molar-refractivity contribution in [1.82, 2.24) is 29.9 Å². The summed E-state index contributed by atoms with van der Waals surface area (Å²) in [4.78, 5) is 19.0. The molecule has 1 aliphatic rings. The van der Waals surface area contributed by atoms with E-state index in [4.69, 9.17) is 4.74 Å². The van der Waals surface area contributed by atoms with Crippen molar-refractivity contribution in [3.8, 4) is 5.69 Å². The number of aromatic nitrogens is 5. The van der Waals surface area contributed by atoms with E-state index in [1.807, 2.05) is 42.8 Å². The molecule has 0 aliphatic carbocycles. The number of morpholine rings is 1. The van der Waals surface area contributed by atoms with Gasteiger partial charge in [0.25, 0.3) is 5.91 Å². The molecule has 2 aromatic heterocycles. The lowest BCUT2D eigenvalue weighted by atomic mass is 10.1. The predicted octanol–water partition coefficient (Wildman–Crippen LogP) is 2.58. The number of rotatable bonds is 3. The van der Waals surface area contributed by atoms with Crippen molar-refractivity contribution in [1.29, 1.82) is 0 Å². The summed E-state index contributed by atoms with van der Waals surface area (Å²) < 4.78 is 8.38. The summed E-state index contributed by atoms with van der Waals surface area (Å²) in [5, 5.41) is 11.2. The number of hydrogen-bond acceptors (Lipinski definition) is 5. The van der Waals surface area contributed by atoms with E-state index in [1.165, 1.54) is 6.33 Å². The maximum atomic E-state index is 13.1. The van der Waals surface area contributed by atoms with Gasteiger partial charge in [-0.05, 0) is 54.0 Å². The number of aryl methyl sites for hydroxylation is 1. The van der Waals surface area contributed by atoms with Crippen LogP contribution in [0.3, 0.4) is 0 Å². The Morgan fingerprint density at radius 3 is 2.70 bits per heavy atom. The summed E-state index contributed by atoms with van der Waals surface area (Å²) in [6, 6.07) is 7.20. The highest BCUT2D eigenvalue weighted by atomic mass is 79.9. The predicted molar refractivity (Wildman–Crippen MR) is 102 cm³/mol. The molecule has 1 aliphatic heterocycles. The van der Waals surface area contributed by atoms with E-state index in [2.05, 4.69) is 36.2 Å². The lowest BCUT2D eigenvalue weighted by Gasteiger charge is -2.34. The number of ether oxygens (including phenoxy) is 1. The number of amides is 1. The van der Waals surface area contributed by atoms with Crippen LogP contribution in [-0.4, -0.2) is 55.5 Å². The van der Waals surface area contributed by atoms with Gasteiger partial charge >= 0.3 is 0 Å². The SMILES string of the molecule is Cc1nn(-c2ccc(C(=O)N3CCOCC3c3ncn[nH]3)cc2)c(C)c1Br. The molecule has 1 N–H and O–H groups in total. The number of halogens is 1. The Morgan fingerprint density at radius 1 is 1.30 bits per heavy atom. The van der Waals surface area contributed by atoms with Gasteiger partial charge < -0.3 is 9.64 Å². The molecule has 0 radical (unpaired) electrons. The van der Waals surface area contributed by atoms with E-state index in [0.717, 1.165) is 21.5 Å². The fraction of sp³-hybridized carbons (Fsp3) is 0.333. The van der Waals surface area contributed by atoms with E-state index >= 15 is 0 Å². The molecule has 8 nitrogen and oxygen atoms in total. The lowest BCUT2D eigenvalue weighted by molar-refractivity contribution is -0.00511. The Bertz CT molecular complexity index is 951. The van der Waals surface area contributed by atoms with Crippen LogP contribution in [-0.2, 0) is 4.74 Å². The van der Waals surface area contributed by atoms with Crippen molar-refractivity contribution in [3.63, 3.8) is 0 Å². The molecule has 0 spiro atoms. The molecule has 3 heterocycles. The van der Waals surface area contributed by atoms with E-state index in [-0.39, 0.29) is 11.9 Å². The third-order valence-electron chi connectivity index (χ3n) is 4.70. The molecule has 1 amide bonds. The Morgan fingerprint density at radius 2 is 2.07 bits per heavy atom. The first-order valence-corrected chi connectivity index (χ1v) is 9.41. The van der Waals surface area contributed by atoms with Gasteiger partial charge in [0.1, 0.15) is 18.2 Å². The van der Waals surface area contributed by atoms with Crippen LogP contribution >= 0.6 is 15.9 Å². The number of nitrogens with one attached hydrogen (secondary N) is 1. The highest BCUT2D eigenvalue weighted by Crippen LogP contribution is 2.25. The molecule has 1 fully saturated rings. The molecular weight excluding hydrogens is 412 g/mol. The Kier molecular flexibility index (Phi) is 4.79. The van der Waals surface area contributed by atoms with E-state index < -0.39 is 0 Å². The molecule has 0 saturated carbocycles. The van der Waals surface area contributed by atoms with Crippen molar-refractivity contribution >= 4 is 21.8 Å². The number of benzene rings is 1. The zero-order valence-electron chi connectivity index (χ0n) is 15.0. The van der Waals surface area contributed by atoms with Crippen molar-refractivity contribution in [2.24, 2.45) is 0 Å². The second kappa shape index (κ2) is 7.24. The Balaban J connectivity index is 1.59. The number of hydrogen-bond donors (Lipinski definition) is 1. The second-order valence-electron chi connectivity index (χ2n) is 6.40. The Hall–Kier alpha value is -2.52. The third kappa shape index (κ3) is 3.28. The van der Waals surface area contributed by atoms with Crippen molar-refractivity contribution < 1.29 is 9.53 Å². The molecule has 140 valence electrons. The van der Waals surface area contributed by atoms with Gasteiger partial charge in [0.15, 0.2) is 0 Å². The standard InChI is InChI=1S/C18H19BrN6O2/c1-11-16(19)12(2)25(23-11)14-5-3-13(4-6-14)18(26)24-7-8-27-9-15(24)17-20-10-21-22-17/h3-6,10,15H,7-9H2,1-2H3,(H,20,21,22). The summed E-state index contributed by atoms with van der Waals surface area (Å²) >= 11 is 3.54. The molecule has 9 heteroatoms. The molecule has 1 unspecified atom stereocenters. The van der Waals surface area contributed by atoms with E-state index in [0.29, 0.717) is 31.1 Å². The fourth-order valence-corrected chi connectivity index (χ4v) is 3.48. The first-order valence-electron chi connectivity index (χ1n) is 8.62. The van der Waals surface area contributed by atoms with Crippen LogP contribution < -0.4 is 0 Å². The summed E-state index contributed by atoms with van der Waals surface area (Å²) in [5.41, 5.74) is 3.47. The van der Waals surface area contributed by atoms with Crippen LogP contribution in [0.25, 0.3) is 5.69 Å². The molecule has 4 rings (SSSR count). The van der Waals surface area contributed by atoms with Gasteiger partial charge in [0.2, 0.25) is 0 Å². The number of carbonyl (C=O) groups excluding carboxylic acids is 1. The minimum Gasteiger partial charge on any atom is -0.377 e. The minimum atomic E-state index is -0.264. The average molecular weight is 431 g/mol. The summed E-state index contributed by atoms with van der Waals surface area (Å²) in [7, 11) is 0. The van der Waals surface area contributed by atoms with Crippen LogP contribution in [0.4, 0.5) is 0 Å². The fourth-order valence-electron chi connectivity index (χ4n) is 3.23. The molecule has 1 atom stereocenters. The second-order valence-corrected chi connectivity index (χ2v) is 7.20. The Labute approximate surface area is 164 Å². The van der Waals surface area contributed by atoms with Crippen molar-refractivity contribution in [2.45, 2.75) is 19.9 Å². The van der Waals surface area contributed by atoms with E-state index in [9.17, 15) is 4.79 Å².